The first kappa shape index (κ1) is 6.56. The van der Waals surface area contributed by atoms with Gasteiger partial charge in [-0.1, -0.05) is 24.8 Å². The van der Waals surface area contributed by atoms with Gasteiger partial charge in [0, 0.05) is 12.5 Å². The van der Waals surface area contributed by atoms with Crippen LogP contribution in [0.4, 0.5) is 0 Å². The molecule has 1 atom stereocenters. The molecule has 1 aliphatic rings. The van der Waals surface area contributed by atoms with E-state index in [1.165, 1.54) is 6.42 Å². The lowest BCUT2D eigenvalue weighted by Gasteiger charge is -1.94. The van der Waals surface area contributed by atoms with Gasteiger partial charge in [0.1, 0.15) is 0 Å². The number of allylic oxidation sites excluding steroid dienone is 2. The van der Waals surface area contributed by atoms with Crippen molar-refractivity contribution in [2.75, 3.05) is 13.2 Å². The van der Waals surface area contributed by atoms with Crippen LogP contribution in [0.1, 0.15) is 6.42 Å². The molecule has 0 aliphatic carbocycles. The summed E-state index contributed by atoms with van der Waals surface area (Å²) in [7, 11) is 0. The molecule has 0 N–H and O–H groups in total. The average molecular weight is 124 g/mol. The molecule has 0 amide bonds. The van der Waals surface area contributed by atoms with E-state index in [4.69, 9.17) is 4.74 Å². The second kappa shape index (κ2) is 3.46. The monoisotopic (exact) mass is 124 g/mol. The maximum Gasteiger partial charge on any atom is 0.0529 e. The molecule has 50 valence electrons. The Morgan fingerprint density at radius 2 is 2.44 bits per heavy atom. The van der Waals surface area contributed by atoms with Gasteiger partial charge in [-0.2, -0.15) is 0 Å². The van der Waals surface area contributed by atoms with Gasteiger partial charge in [-0.25, -0.2) is 0 Å². The fourth-order valence-electron chi connectivity index (χ4n) is 0.940. The minimum absolute atomic E-state index is 0.642. The van der Waals surface area contributed by atoms with Crippen LogP contribution >= 0.6 is 0 Å². The summed E-state index contributed by atoms with van der Waals surface area (Å²) in [5.74, 6) is 0.642. The zero-order chi connectivity index (χ0) is 6.53. The summed E-state index contributed by atoms with van der Waals surface area (Å²) >= 11 is 0. The first-order valence-corrected chi connectivity index (χ1v) is 3.30. The van der Waals surface area contributed by atoms with Gasteiger partial charge in [0.25, 0.3) is 0 Å². The molecule has 1 aliphatic heterocycles. The normalized spacial score (nSPS) is 27.3. The minimum atomic E-state index is 0.642. The minimum Gasteiger partial charge on any atom is -0.381 e. The van der Waals surface area contributed by atoms with E-state index in [0.29, 0.717) is 5.92 Å². The number of hydrogen-bond acceptors (Lipinski definition) is 1. The SMILES string of the molecule is C=C/C=C/C1CCOC1. The first-order valence-electron chi connectivity index (χ1n) is 3.30. The Kier molecular flexibility index (Phi) is 2.52. The van der Waals surface area contributed by atoms with E-state index in [1.54, 1.807) is 6.08 Å². The van der Waals surface area contributed by atoms with Crippen LogP contribution in [-0.2, 0) is 4.74 Å². The van der Waals surface area contributed by atoms with Crippen molar-refractivity contribution in [3.8, 4) is 0 Å². The van der Waals surface area contributed by atoms with E-state index in [-0.39, 0.29) is 0 Å². The van der Waals surface area contributed by atoms with Crippen molar-refractivity contribution in [3.05, 3.63) is 24.8 Å². The molecule has 9 heavy (non-hydrogen) atoms. The van der Waals surface area contributed by atoms with Crippen molar-refractivity contribution in [2.45, 2.75) is 6.42 Å². The Hall–Kier alpha value is -0.560. The van der Waals surface area contributed by atoms with E-state index >= 15 is 0 Å². The zero-order valence-corrected chi connectivity index (χ0v) is 5.55. The Bertz CT molecular complexity index is 110. The molecule has 0 bridgehead atoms. The number of ether oxygens (including phenoxy) is 1. The van der Waals surface area contributed by atoms with Crippen LogP contribution in [-0.4, -0.2) is 13.2 Å². The van der Waals surface area contributed by atoms with E-state index in [2.05, 4.69) is 12.7 Å². The number of hydrogen-bond donors (Lipinski definition) is 0. The van der Waals surface area contributed by atoms with Crippen LogP contribution in [0.5, 0.6) is 0 Å². The van der Waals surface area contributed by atoms with Crippen molar-refractivity contribution in [1.82, 2.24) is 0 Å². The molecule has 0 saturated carbocycles. The summed E-state index contributed by atoms with van der Waals surface area (Å²) in [4.78, 5) is 0. The van der Waals surface area contributed by atoms with Crippen LogP contribution in [0.3, 0.4) is 0 Å². The van der Waals surface area contributed by atoms with Crippen LogP contribution < -0.4 is 0 Å². The molecular formula is C8H12O. The van der Waals surface area contributed by atoms with E-state index in [0.717, 1.165) is 13.2 Å². The molecule has 1 heterocycles. The predicted octanol–water partition coefficient (Wildman–Crippen LogP) is 1.77. The molecule has 1 nitrogen and oxygen atoms in total. The highest BCUT2D eigenvalue weighted by atomic mass is 16.5. The van der Waals surface area contributed by atoms with Crippen molar-refractivity contribution in [2.24, 2.45) is 5.92 Å². The zero-order valence-electron chi connectivity index (χ0n) is 5.55. The van der Waals surface area contributed by atoms with Gasteiger partial charge in [0.05, 0.1) is 6.61 Å². The third-order valence-electron chi connectivity index (χ3n) is 1.48. The predicted molar refractivity (Wildman–Crippen MR) is 38.3 cm³/mol. The maximum absolute atomic E-state index is 5.17. The molecule has 0 aromatic carbocycles. The van der Waals surface area contributed by atoms with Gasteiger partial charge in [0.15, 0.2) is 0 Å². The summed E-state index contributed by atoms with van der Waals surface area (Å²) in [5.41, 5.74) is 0. The van der Waals surface area contributed by atoms with Crippen LogP contribution in [0.25, 0.3) is 0 Å². The Balaban J connectivity index is 2.25. The van der Waals surface area contributed by atoms with Crippen molar-refractivity contribution < 1.29 is 4.74 Å². The molecular weight excluding hydrogens is 112 g/mol. The molecule has 0 spiro atoms. The van der Waals surface area contributed by atoms with Crippen LogP contribution in [0.2, 0.25) is 0 Å². The Labute approximate surface area is 56.0 Å². The molecule has 0 aromatic rings. The van der Waals surface area contributed by atoms with Gasteiger partial charge in [-0.15, -0.1) is 0 Å². The Morgan fingerprint density at radius 3 is 3.00 bits per heavy atom. The number of rotatable bonds is 2. The van der Waals surface area contributed by atoms with E-state index in [9.17, 15) is 0 Å². The van der Waals surface area contributed by atoms with Gasteiger partial charge in [-0.3, -0.25) is 0 Å². The van der Waals surface area contributed by atoms with E-state index in [1.807, 2.05) is 6.08 Å². The average Bonchev–Trinajstić information content (AvgIpc) is 2.34. The first-order chi connectivity index (χ1) is 4.43. The standard InChI is InChI=1S/C8H12O/c1-2-3-4-8-5-6-9-7-8/h2-4,8H,1,5-7H2/b4-3+. The van der Waals surface area contributed by atoms with E-state index < -0.39 is 0 Å². The van der Waals surface area contributed by atoms with Gasteiger partial charge in [0.2, 0.25) is 0 Å². The fraction of sp³-hybridized carbons (Fsp3) is 0.500. The van der Waals surface area contributed by atoms with Crippen LogP contribution in [0.15, 0.2) is 24.8 Å². The molecule has 1 unspecified atom stereocenters. The lowest BCUT2D eigenvalue weighted by atomic mass is 10.1. The van der Waals surface area contributed by atoms with Gasteiger partial charge in [-0.05, 0) is 6.42 Å². The third-order valence-corrected chi connectivity index (χ3v) is 1.48. The largest absolute Gasteiger partial charge is 0.381 e. The summed E-state index contributed by atoms with van der Waals surface area (Å²) in [6.45, 7) is 5.41. The summed E-state index contributed by atoms with van der Waals surface area (Å²) in [5, 5.41) is 0. The summed E-state index contributed by atoms with van der Waals surface area (Å²) in [6, 6.07) is 0. The topological polar surface area (TPSA) is 9.23 Å². The lowest BCUT2D eigenvalue weighted by molar-refractivity contribution is 0.191. The van der Waals surface area contributed by atoms with Gasteiger partial charge >= 0.3 is 0 Å². The fourth-order valence-corrected chi connectivity index (χ4v) is 0.940. The van der Waals surface area contributed by atoms with Crippen molar-refractivity contribution in [3.63, 3.8) is 0 Å². The molecule has 1 heteroatoms. The van der Waals surface area contributed by atoms with Gasteiger partial charge < -0.3 is 4.74 Å². The van der Waals surface area contributed by atoms with Crippen LogP contribution in [0, 0.1) is 5.92 Å². The molecule has 1 rings (SSSR count). The van der Waals surface area contributed by atoms with Crippen molar-refractivity contribution >= 4 is 0 Å². The molecule has 1 saturated heterocycles. The van der Waals surface area contributed by atoms with Crippen molar-refractivity contribution in [1.29, 1.82) is 0 Å². The quantitative estimate of drug-likeness (QED) is 0.510. The molecule has 0 radical (unpaired) electrons. The highest BCUT2D eigenvalue weighted by Crippen LogP contribution is 2.12. The molecule has 0 aromatic heterocycles. The summed E-state index contributed by atoms with van der Waals surface area (Å²) < 4.78 is 5.17. The lowest BCUT2D eigenvalue weighted by Crippen LogP contribution is -1.91. The summed E-state index contributed by atoms with van der Waals surface area (Å²) in [6.07, 6.45) is 7.11. The maximum atomic E-state index is 5.17. The smallest absolute Gasteiger partial charge is 0.0529 e. The third kappa shape index (κ3) is 2.02. The Morgan fingerprint density at radius 1 is 1.56 bits per heavy atom. The second-order valence-corrected chi connectivity index (χ2v) is 2.24. The molecule has 1 fully saturated rings. The highest BCUT2D eigenvalue weighted by Gasteiger charge is 2.10. The highest BCUT2D eigenvalue weighted by molar-refractivity contribution is 5.00. The second-order valence-electron chi connectivity index (χ2n) is 2.24.